The Kier molecular flexibility index (Phi) is 5.22. The Labute approximate surface area is 165 Å². The Bertz CT molecular complexity index is 918. The number of benzene rings is 1. The van der Waals surface area contributed by atoms with E-state index in [4.69, 9.17) is 4.74 Å². The number of thioether (sulfide) groups is 1. The molecule has 146 valence electrons. The number of nitrogens with zero attached hydrogens (tertiary/aromatic N) is 3. The summed E-state index contributed by atoms with van der Waals surface area (Å²) in [7, 11) is -1.44. The van der Waals surface area contributed by atoms with Gasteiger partial charge >= 0.3 is 0 Å². The molecule has 6 nitrogen and oxygen atoms in total. The molecule has 27 heavy (non-hydrogen) atoms. The number of piperidine rings is 1. The molecule has 0 aliphatic carbocycles. The third-order valence-electron chi connectivity index (χ3n) is 5.53. The molecule has 2 aromatic rings. The third-order valence-corrected chi connectivity index (χ3v) is 8.78. The highest BCUT2D eigenvalue weighted by molar-refractivity contribution is 7.99. The summed E-state index contributed by atoms with van der Waals surface area (Å²) >= 11 is 1.77. The van der Waals surface area contributed by atoms with E-state index in [1.165, 1.54) is 0 Å². The summed E-state index contributed by atoms with van der Waals surface area (Å²) in [6, 6.07) is 5.24. The van der Waals surface area contributed by atoms with Gasteiger partial charge in [0.1, 0.15) is 5.75 Å². The number of aromatic nitrogens is 2. The lowest BCUT2D eigenvalue weighted by Crippen LogP contribution is -2.40. The molecular formula is C19H25N3O3S2. The topological polar surface area (TPSA) is 64.4 Å². The molecule has 0 N–H and O–H groups in total. The number of hydrogen-bond donors (Lipinski definition) is 0. The van der Waals surface area contributed by atoms with E-state index < -0.39 is 10.0 Å². The van der Waals surface area contributed by atoms with Gasteiger partial charge in [-0.05, 0) is 42.5 Å². The summed E-state index contributed by atoms with van der Waals surface area (Å²) in [5, 5.41) is 1.42. The van der Waals surface area contributed by atoms with Crippen LogP contribution in [-0.4, -0.2) is 47.2 Å². The first-order valence-corrected chi connectivity index (χ1v) is 11.7. The van der Waals surface area contributed by atoms with Crippen molar-refractivity contribution in [1.82, 2.24) is 13.9 Å². The van der Waals surface area contributed by atoms with E-state index in [1.54, 1.807) is 34.3 Å². The van der Waals surface area contributed by atoms with E-state index in [1.807, 2.05) is 24.0 Å². The fourth-order valence-corrected chi connectivity index (χ4v) is 6.45. The molecule has 2 aliphatic heterocycles. The highest BCUT2D eigenvalue weighted by atomic mass is 32.2. The van der Waals surface area contributed by atoms with Gasteiger partial charge in [0.05, 0.1) is 11.5 Å². The minimum absolute atomic E-state index is 0.389. The Balaban J connectivity index is 1.40. The van der Waals surface area contributed by atoms with E-state index in [0.29, 0.717) is 35.8 Å². The maximum absolute atomic E-state index is 13.0. The Hall–Kier alpha value is -1.51. The predicted molar refractivity (Wildman–Crippen MR) is 106 cm³/mol. The molecule has 0 bridgehead atoms. The molecule has 1 unspecified atom stereocenters. The molecule has 0 amide bonds. The van der Waals surface area contributed by atoms with Crippen LogP contribution in [0.5, 0.6) is 5.75 Å². The summed E-state index contributed by atoms with van der Waals surface area (Å²) < 4.78 is 35.2. The van der Waals surface area contributed by atoms with Crippen molar-refractivity contribution in [2.24, 2.45) is 13.0 Å². The Morgan fingerprint density at radius 1 is 1.30 bits per heavy atom. The van der Waals surface area contributed by atoms with Crippen molar-refractivity contribution in [3.8, 4) is 5.75 Å². The second-order valence-electron chi connectivity index (χ2n) is 7.25. The second-order valence-corrected chi connectivity index (χ2v) is 10.5. The molecule has 1 aromatic carbocycles. The van der Waals surface area contributed by atoms with Crippen LogP contribution in [0.1, 0.15) is 25.3 Å². The van der Waals surface area contributed by atoms with Crippen molar-refractivity contribution in [1.29, 1.82) is 0 Å². The van der Waals surface area contributed by atoms with Crippen LogP contribution in [-0.2, 0) is 23.5 Å². The van der Waals surface area contributed by atoms with Crippen molar-refractivity contribution in [2.45, 2.75) is 41.5 Å². The van der Waals surface area contributed by atoms with Crippen molar-refractivity contribution >= 4 is 21.8 Å². The van der Waals surface area contributed by atoms with Gasteiger partial charge in [0.2, 0.25) is 10.0 Å². The lowest BCUT2D eigenvalue weighted by atomic mass is 9.95. The number of imidazole rings is 1. The van der Waals surface area contributed by atoms with Crippen LogP contribution in [0.15, 0.2) is 40.6 Å². The number of fused-ring (bicyclic) bond motifs is 1. The van der Waals surface area contributed by atoms with Gasteiger partial charge in [0, 0.05) is 44.2 Å². The van der Waals surface area contributed by atoms with Crippen molar-refractivity contribution in [3.63, 3.8) is 0 Å². The highest BCUT2D eigenvalue weighted by Gasteiger charge is 2.32. The number of sulfonamides is 1. The maximum atomic E-state index is 13.0. The zero-order valence-electron chi connectivity index (χ0n) is 15.7. The van der Waals surface area contributed by atoms with Crippen LogP contribution in [0.25, 0.3) is 0 Å². The fraction of sp³-hybridized carbons (Fsp3) is 0.526. The average molecular weight is 408 g/mol. The van der Waals surface area contributed by atoms with E-state index in [9.17, 15) is 8.42 Å². The molecule has 2 aliphatic rings. The maximum Gasteiger partial charge on any atom is 0.243 e. The summed E-state index contributed by atoms with van der Waals surface area (Å²) in [6.07, 6.45) is 6.30. The quantitative estimate of drug-likeness (QED) is 0.713. The van der Waals surface area contributed by atoms with Gasteiger partial charge in [0.15, 0.2) is 5.16 Å². The average Bonchev–Trinajstić information content (AvgIpc) is 3.30. The van der Waals surface area contributed by atoms with Crippen LogP contribution in [0.3, 0.4) is 0 Å². The Morgan fingerprint density at radius 3 is 2.78 bits per heavy atom. The van der Waals surface area contributed by atoms with Crippen molar-refractivity contribution in [2.75, 3.05) is 19.7 Å². The number of aryl methyl sites for hydroxylation is 1. The summed E-state index contributed by atoms with van der Waals surface area (Å²) in [6.45, 7) is 4.00. The normalized spacial score (nSPS) is 19.6. The van der Waals surface area contributed by atoms with Gasteiger partial charge in [0.25, 0.3) is 0 Å². The van der Waals surface area contributed by atoms with Crippen molar-refractivity contribution in [3.05, 3.63) is 36.2 Å². The molecule has 1 atom stereocenters. The molecule has 3 heterocycles. The van der Waals surface area contributed by atoms with Gasteiger partial charge in [-0.15, -0.1) is 0 Å². The minimum atomic E-state index is -3.43. The molecule has 8 heteroatoms. The lowest BCUT2D eigenvalue weighted by Gasteiger charge is -2.33. The van der Waals surface area contributed by atoms with E-state index in [-0.39, 0.29) is 0 Å². The van der Waals surface area contributed by atoms with Crippen LogP contribution in [0.4, 0.5) is 0 Å². The van der Waals surface area contributed by atoms with Gasteiger partial charge in [-0.1, -0.05) is 18.7 Å². The van der Waals surface area contributed by atoms with E-state index in [2.05, 4.69) is 11.9 Å². The summed E-state index contributed by atoms with van der Waals surface area (Å²) in [5.41, 5.74) is 0.992. The molecule has 1 aromatic heterocycles. The zero-order chi connectivity index (χ0) is 19.0. The molecule has 1 fully saturated rings. The fourth-order valence-electron chi connectivity index (χ4n) is 3.79. The predicted octanol–water partition coefficient (Wildman–Crippen LogP) is 2.94. The van der Waals surface area contributed by atoms with Crippen LogP contribution < -0.4 is 4.74 Å². The number of hydrogen-bond acceptors (Lipinski definition) is 5. The van der Waals surface area contributed by atoms with Gasteiger partial charge in [-0.3, -0.25) is 0 Å². The van der Waals surface area contributed by atoms with Gasteiger partial charge in [-0.25, -0.2) is 13.4 Å². The molecular weight excluding hydrogens is 382 g/mol. The van der Waals surface area contributed by atoms with E-state index >= 15 is 0 Å². The molecule has 1 saturated heterocycles. The minimum Gasteiger partial charge on any atom is -0.493 e. The van der Waals surface area contributed by atoms with Crippen LogP contribution >= 0.6 is 11.8 Å². The SMILES string of the molecule is CC(Sc1nccn1C)C1CCN(S(=O)(=O)c2ccc3c(c2)CCO3)CC1. The largest absolute Gasteiger partial charge is 0.493 e. The van der Waals surface area contributed by atoms with E-state index in [0.717, 1.165) is 35.7 Å². The van der Waals surface area contributed by atoms with Crippen molar-refractivity contribution < 1.29 is 13.2 Å². The summed E-state index contributed by atoms with van der Waals surface area (Å²) in [5.74, 6) is 1.30. The van der Waals surface area contributed by atoms with Crippen LogP contribution in [0.2, 0.25) is 0 Å². The standard InChI is InChI=1S/C19H25N3O3S2/c1-14(26-19-20-8-11-21(19)2)15-5-9-22(10-6-15)27(23,24)17-3-4-18-16(13-17)7-12-25-18/h3-4,8,11,13-15H,5-7,9-10,12H2,1-2H3. The first kappa shape index (κ1) is 18.8. The molecule has 4 rings (SSSR count). The number of rotatable bonds is 5. The first-order chi connectivity index (χ1) is 12.9. The molecule has 0 radical (unpaired) electrons. The molecule has 0 saturated carbocycles. The summed E-state index contributed by atoms with van der Waals surface area (Å²) in [4.78, 5) is 4.77. The third kappa shape index (κ3) is 3.75. The second kappa shape index (κ2) is 7.48. The molecule has 0 spiro atoms. The Morgan fingerprint density at radius 2 is 2.07 bits per heavy atom. The first-order valence-electron chi connectivity index (χ1n) is 9.35. The van der Waals surface area contributed by atoms with Gasteiger partial charge in [-0.2, -0.15) is 4.31 Å². The van der Waals surface area contributed by atoms with Gasteiger partial charge < -0.3 is 9.30 Å². The zero-order valence-corrected chi connectivity index (χ0v) is 17.3. The smallest absolute Gasteiger partial charge is 0.243 e. The monoisotopic (exact) mass is 407 g/mol. The van der Waals surface area contributed by atoms with Crippen LogP contribution in [0, 0.1) is 5.92 Å². The lowest BCUT2D eigenvalue weighted by molar-refractivity contribution is 0.273. The highest BCUT2D eigenvalue weighted by Crippen LogP contribution is 2.34. The number of ether oxygens (including phenoxy) is 1.